The average molecular weight is 429 g/mol. The van der Waals surface area contributed by atoms with Gasteiger partial charge in [0.1, 0.15) is 12.4 Å². The number of nitrogens with zero attached hydrogens (tertiary/aromatic N) is 2. The maximum absolute atomic E-state index is 13.4. The van der Waals surface area contributed by atoms with E-state index in [-0.39, 0.29) is 4.90 Å². The second-order valence-corrected chi connectivity index (χ2v) is 8.85. The van der Waals surface area contributed by atoms with E-state index >= 15 is 0 Å². The van der Waals surface area contributed by atoms with Crippen molar-refractivity contribution in [1.29, 1.82) is 0 Å². The highest BCUT2D eigenvalue weighted by Gasteiger charge is 2.21. The highest BCUT2D eigenvalue weighted by atomic mass is 32.2. The van der Waals surface area contributed by atoms with Crippen LogP contribution in [0, 0.1) is 26.6 Å². The number of aromatic nitrogens is 2. The lowest BCUT2D eigenvalue weighted by Crippen LogP contribution is -2.30. The Morgan fingerprint density at radius 2 is 1.73 bits per heavy atom. The van der Waals surface area contributed by atoms with Gasteiger partial charge in [0.2, 0.25) is 15.7 Å². The predicted molar refractivity (Wildman–Crippen MR) is 110 cm³/mol. The Morgan fingerprint density at radius 1 is 1.07 bits per heavy atom. The summed E-state index contributed by atoms with van der Waals surface area (Å²) in [6, 6.07) is 10.3. The van der Waals surface area contributed by atoms with Crippen molar-refractivity contribution in [2.45, 2.75) is 37.2 Å². The van der Waals surface area contributed by atoms with E-state index in [1.54, 1.807) is 0 Å². The smallest absolute Gasteiger partial charge is 0.267 e. The van der Waals surface area contributed by atoms with Crippen LogP contribution >= 0.6 is 0 Å². The number of halogens is 1. The van der Waals surface area contributed by atoms with E-state index in [9.17, 15) is 22.4 Å². The Morgan fingerprint density at radius 3 is 2.37 bits per heavy atom. The first kappa shape index (κ1) is 21.4. The molecule has 1 N–H and O–H groups in total. The van der Waals surface area contributed by atoms with E-state index in [2.05, 4.69) is 10.4 Å². The minimum atomic E-state index is -4.16. The van der Waals surface area contributed by atoms with Gasteiger partial charge in [-0.05, 0) is 56.2 Å². The van der Waals surface area contributed by atoms with Gasteiger partial charge in [-0.15, -0.1) is 0 Å². The molecule has 0 spiro atoms. The van der Waals surface area contributed by atoms with E-state index in [1.807, 2.05) is 32.9 Å². The third-order valence-corrected chi connectivity index (χ3v) is 6.10. The molecule has 3 aromatic rings. The van der Waals surface area contributed by atoms with Gasteiger partial charge in [0.15, 0.2) is 5.03 Å². The van der Waals surface area contributed by atoms with Crippen molar-refractivity contribution in [1.82, 2.24) is 9.78 Å². The number of aryl methyl sites for hydroxylation is 3. The van der Waals surface area contributed by atoms with Gasteiger partial charge in [-0.3, -0.25) is 9.59 Å². The topological polar surface area (TPSA) is 98.1 Å². The molecule has 0 bridgehead atoms. The van der Waals surface area contributed by atoms with Crippen LogP contribution in [-0.4, -0.2) is 24.1 Å². The molecular formula is C21H20FN3O4S. The minimum absolute atomic E-state index is 0.296. The molecule has 0 radical (unpaired) electrons. The summed E-state index contributed by atoms with van der Waals surface area (Å²) >= 11 is 0. The van der Waals surface area contributed by atoms with Crippen molar-refractivity contribution in [3.05, 3.63) is 81.4 Å². The normalized spacial score (nSPS) is 11.3. The van der Waals surface area contributed by atoms with Crippen LogP contribution in [0.15, 0.2) is 63.2 Å². The summed E-state index contributed by atoms with van der Waals surface area (Å²) in [4.78, 5) is 24.3. The third kappa shape index (κ3) is 4.46. The molecular weight excluding hydrogens is 409 g/mol. The van der Waals surface area contributed by atoms with Crippen LogP contribution in [0.5, 0.6) is 0 Å². The molecule has 1 aromatic heterocycles. The van der Waals surface area contributed by atoms with Crippen molar-refractivity contribution in [2.75, 3.05) is 5.32 Å². The summed E-state index contributed by atoms with van der Waals surface area (Å²) < 4.78 is 39.6. The molecule has 1 amide bonds. The maximum atomic E-state index is 13.4. The van der Waals surface area contributed by atoms with Crippen molar-refractivity contribution >= 4 is 21.4 Å². The lowest BCUT2D eigenvalue weighted by molar-refractivity contribution is -0.117. The maximum Gasteiger partial charge on any atom is 0.267 e. The SMILES string of the molecule is Cc1cc(C)c(NC(=O)Cn2nc(S(=O)(=O)c3cccc(F)c3)ccc2=O)c(C)c1. The van der Waals surface area contributed by atoms with Gasteiger partial charge in [0.25, 0.3) is 5.56 Å². The van der Waals surface area contributed by atoms with Crippen LogP contribution in [0.2, 0.25) is 0 Å². The Kier molecular flexibility index (Phi) is 5.84. The minimum Gasteiger partial charge on any atom is -0.324 e. The van der Waals surface area contributed by atoms with Crippen molar-refractivity contribution < 1.29 is 17.6 Å². The first-order chi connectivity index (χ1) is 14.1. The standard InChI is InChI=1S/C21H20FN3O4S/c1-13-9-14(2)21(15(3)10-13)23-18(26)12-25-20(27)8-7-19(24-25)30(28,29)17-6-4-5-16(22)11-17/h4-11H,12H2,1-3H3,(H,23,26). The molecule has 7 nitrogen and oxygen atoms in total. The molecule has 0 aliphatic carbocycles. The molecule has 0 unspecified atom stereocenters. The summed E-state index contributed by atoms with van der Waals surface area (Å²) in [5.74, 6) is -1.24. The number of hydrogen-bond donors (Lipinski definition) is 1. The molecule has 2 aromatic carbocycles. The zero-order valence-corrected chi connectivity index (χ0v) is 17.5. The monoisotopic (exact) mass is 429 g/mol. The van der Waals surface area contributed by atoms with Crippen LogP contribution in [0.3, 0.4) is 0 Å². The highest BCUT2D eigenvalue weighted by Crippen LogP contribution is 2.22. The molecule has 0 saturated carbocycles. The zero-order valence-electron chi connectivity index (χ0n) is 16.6. The zero-order chi connectivity index (χ0) is 22.1. The van der Waals surface area contributed by atoms with Gasteiger partial charge in [-0.1, -0.05) is 23.8 Å². The molecule has 0 aliphatic rings. The molecule has 1 heterocycles. The van der Waals surface area contributed by atoms with Crippen molar-refractivity contribution in [3.8, 4) is 0 Å². The number of nitrogens with one attached hydrogen (secondary N) is 1. The van der Waals surface area contributed by atoms with Gasteiger partial charge >= 0.3 is 0 Å². The number of carbonyl (C=O) groups excluding carboxylic acids is 1. The number of amides is 1. The molecule has 0 fully saturated rings. The average Bonchev–Trinajstić information content (AvgIpc) is 2.66. The second kappa shape index (κ2) is 8.19. The van der Waals surface area contributed by atoms with Gasteiger partial charge in [0, 0.05) is 11.8 Å². The molecule has 9 heteroatoms. The Balaban J connectivity index is 1.89. The molecule has 0 aliphatic heterocycles. The number of rotatable bonds is 5. The lowest BCUT2D eigenvalue weighted by Gasteiger charge is -2.13. The van der Waals surface area contributed by atoms with Gasteiger partial charge < -0.3 is 5.32 Å². The predicted octanol–water partition coefficient (Wildman–Crippen LogP) is 2.78. The third-order valence-electron chi connectivity index (χ3n) is 4.46. The van der Waals surface area contributed by atoms with Crippen LogP contribution in [0.4, 0.5) is 10.1 Å². The summed E-state index contributed by atoms with van der Waals surface area (Å²) in [7, 11) is -4.16. The number of hydrogen-bond acceptors (Lipinski definition) is 5. The van der Waals surface area contributed by atoms with Crippen LogP contribution < -0.4 is 10.9 Å². The second-order valence-electron chi connectivity index (χ2n) is 6.95. The summed E-state index contributed by atoms with van der Waals surface area (Å²) in [6.45, 7) is 5.18. The van der Waals surface area contributed by atoms with Gasteiger partial charge in [0.05, 0.1) is 4.90 Å². The summed E-state index contributed by atoms with van der Waals surface area (Å²) in [5.41, 5.74) is 2.77. The van der Waals surface area contributed by atoms with E-state index in [0.29, 0.717) is 5.69 Å². The first-order valence-electron chi connectivity index (χ1n) is 9.04. The highest BCUT2D eigenvalue weighted by molar-refractivity contribution is 7.91. The molecule has 0 saturated heterocycles. The molecule has 30 heavy (non-hydrogen) atoms. The fourth-order valence-corrected chi connectivity index (χ4v) is 4.35. The Hall–Kier alpha value is -3.33. The van der Waals surface area contributed by atoms with E-state index in [1.165, 1.54) is 12.1 Å². The lowest BCUT2D eigenvalue weighted by atomic mass is 10.1. The van der Waals surface area contributed by atoms with Crippen molar-refractivity contribution in [2.24, 2.45) is 0 Å². The first-order valence-corrected chi connectivity index (χ1v) is 10.5. The molecule has 0 atom stereocenters. The quantitative estimate of drug-likeness (QED) is 0.673. The number of carbonyl (C=O) groups is 1. The largest absolute Gasteiger partial charge is 0.324 e. The summed E-state index contributed by atoms with van der Waals surface area (Å²) in [5, 5.41) is 6.11. The summed E-state index contributed by atoms with van der Waals surface area (Å²) in [6.07, 6.45) is 0. The van der Waals surface area contributed by atoms with E-state index in [0.717, 1.165) is 45.6 Å². The fraction of sp³-hybridized carbons (Fsp3) is 0.190. The van der Waals surface area contributed by atoms with Crippen LogP contribution in [0.25, 0.3) is 0 Å². The molecule has 156 valence electrons. The fourth-order valence-electron chi connectivity index (χ4n) is 3.13. The van der Waals surface area contributed by atoms with Crippen LogP contribution in [0.1, 0.15) is 16.7 Å². The number of benzene rings is 2. The van der Waals surface area contributed by atoms with Gasteiger partial charge in [-0.25, -0.2) is 17.5 Å². The molecule has 3 rings (SSSR count). The van der Waals surface area contributed by atoms with Crippen LogP contribution in [-0.2, 0) is 21.2 Å². The van der Waals surface area contributed by atoms with Gasteiger partial charge in [-0.2, -0.15) is 5.10 Å². The number of sulfone groups is 1. The van der Waals surface area contributed by atoms with Crippen molar-refractivity contribution in [3.63, 3.8) is 0 Å². The Bertz CT molecular complexity index is 1280. The van der Waals surface area contributed by atoms with E-state index < -0.39 is 38.7 Å². The van der Waals surface area contributed by atoms with E-state index in [4.69, 9.17) is 0 Å². The Labute approximate surface area is 173 Å². The number of anilines is 1.